The van der Waals surface area contributed by atoms with Gasteiger partial charge in [-0.2, -0.15) is 0 Å². The molecule has 3 nitrogen and oxygen atoms in total. The summed E-state index contributed by atoms with van der Waals surface area (Å²) in [6.45, 7) is 4.07. The van der Waals surface area contributed by atoms with Crippen LogP contribution in [0, 0.1) is 13.8 Å². The Morgan fingerprint density at radius 3 is 2.75 bits per heavy atom. The summed E-state index contributed by atoms with van der Waals surface area (Å²) in [5, 5.41) is 3.03. The van der Waals surface area contributed by atoms with Gasteiger partial charge in [0.2, 0.25) is 0 Å². The molecule has 1 fully saturated rings. The maximum atomic E-state index is 12.0. The third-order valence-corrected chi connectivity index (χ3v) is 4.43. The minimum absolute atomic E-state index is 0.0311. The lowest BCUT2D eigenvalue weighted by atomic mass is 10.2. The average molecular weight is 238 g/mol. The molecule has 0 radical (unpaired) electrons. The van der Waals surface area contributed by atoms with E-state index in [0.717, 1.165) is 24.1 Å². The van der Waals surface area contributed by atoms with Gasteiger partial charge in [0, 0.05) is 17.0 Å². The summed E-state index contributed by atoms with van der Waals surface area (Å²) < 4.78 is 0. The highest BCUT2D eigenvalue weighted by Crippen LogP contribution is 2.22. The van der Waals surface area contributed by atoms with Gasteiger partial charge in [-0.05, 0) is 44.7 Å². The second-order valence-corrected chi connectivity index (χ2v) is 5.78. The molecule has 1 aliphatic rings. The fraction of sp³-hybridized carbons (Fsp3) is 0.583. The van der Waals surface area contributed by atoms with Crippen LogP contribution in [0.15, 0.2) is 6.07 Å². The van der Waals surface area contributed by atoms with Crippen molar-refractivity contribution in [2.75, 3.05) is 0 Å². The minimum Gasteiger partial charge on any atom is -0.347 e. The van der Waals surface area contributed by atoms with Gasteiger partial charge in [-0.15, -0.1) is 11.3 Å². The molecule has 2 unspecified atom stereocenters. The first-order valence-electron chi connectivity index (χ1n) is 5.71. The van der Waals surface area contributed by atoms with Crippen molar-refractivity contribution in [2.45, 2.75) is 45.2 Å². The van der Waals surface area contributed by atoms with Crippen LogP contribution in [0.25, 0.3) is 0 Å². The van der Waals surface area contributed by atoms with Crippen molar-refractivity contribution in [3.8, 4) is 0 Å². The van der Waals surface area contributed by atoms with E-state index in [-0.39, 0.29) is 18.0 Å². The van der Waals surface area contributed by atoms with Crippen molar-refractivity contribution in [2.24, 2.45) is 5.73 Å². The van der Waals surface area contributed by atoms with Gasteiger partial charge in [0.05, 0.1) is 4.88 Å². The maximum absolute atomic E-state index is 12.0. The molecule has 0 aliphatic heterocycles. The molecule has 0 saturated heterocycles. The topological polar surface area (TPSA) is 55.1 Å². The van der Waals surface area contributed by atoms with Crippen LogP contribution in [0.1, 0.15) is 39.4 Å². The zero-order valence-electron chi connectivity index (χ0n) is 9.75. The van der Waals surface area contributed by atoms with Crippen LogP contribution in [0.4, 0.5) is 0 Å². The number of hydrogen-bond donors (Lipinski definition) is 2. The Labute approximate surface area is 100 Å². The van der Waals surface area contributed by atoms with E-state index in [4.69, 9.17) is 5.73 Å². The quantitative estimate of drug-likeness (QED) is 0.827. The molecule has 3 N–H and O–H groups in total. The van der Waals surface area contributed by atoms with E-state index >= 15 is 0 Å². The first-order valence-corrected chi connectivity index (χ1v) is 6.53. The number of thiophene rings is 1. The Hall–Kier alpha value is -0.870. The van der Waals surface area contributed by atoms with E-state index in [1.807, 2.05) is 19.9 Å². The molecule has 0 aromatic carbocycles. The number of amides is 1. The third kappa shape index (κ3) is 2.28. The van der Waals surface area contributed by atoms with Crippen molar-refractivity contribution >= 4 is 17.2 Å². The summed E-state index contributed by atoms with van der Waals surface area (Å²) in [4.78, 5) is 14.0. The van der Waals surface area contributed by atoms with Gasteiger partial charge in [0.15, 0.2) is 0 Å². The molecule has 2 atom stereocenters. The number of carbonyl (C=O) groups excluding carboxylic acids is 1. The molecule has 0 bridgehead atoms. The van der Waals surface area contributed by atoms with Crippen molar-refractivity contribution < 1.29 is 4.79 Å². The number of nitrogens with two attached hydrogens (primary N) is 1. The summed E-state index contributed by atoms with van der Waals surface area (Å²) in [6.07, 6.45) is 3.15. The highest BCUT2D eigenvalue weighted by atomic mass is 32.1. The van der Waals surface area contributed by atoms with Gasteiger partial charge in [-0.1, -0.05) is 0 Å². The minimum atomic E-state index is 0.0311. The molecular formula is C12H18N2OS. The summed E-state index contributed by atoms with van der Waals surface area (Å²) in [7, 11) is 0. The van der Waals surface area contributed by atoms with Crippen LogP contribution in [0.5, 0.6) is 0 Å². The Balaban J connectivity index is 2.02. The largest absolute Gasteiger partial charge is 0.347 e. The highest BCUT2D eigenvalue weighted by Gasteiger charge is 2.26. The maximum Gasteiger partial charge on any atom is 0.261 e. The zero-order chi connectivity index (χ0) is 11.7. The van der Waals surface area contributed by atoms with Crippen LogP contribution in [0.3, 0.4) is 0 Å². The lowest BCUT2D eigenvalue weighted by molar-refractivity contribution is 0.0938. The summed E-state index contributed by atoms with van der Waals surface area (Å²) in [5.41, 5.74) is 7.12. The van der Waals surface area contributed by atoms with Gasteiger partial charge in [-0.25, -0.2) is 0 Å². The number of hydrogen-bond acceptors (Lipinski definition) is 3. The highest BCUT2D eigenvalue weighted by molar-refractivity contribution is 7.14. The molecule has 16 heavy (non-hydrogen) atoms. The molecule has 1 aromatic rings. The smallest absolute Gasteiger partial charge is 0.261 e. The molecule has 1 aliphatic carbocycles. The van der Waals surface area contributed by atoms with E-state index in [0.29, 0.717) is 0 Å². The van der Waals surface area contributed by atoms with Crippen molar-refractivity contribution in [1.29, 1.82) is 0 Å². The fourth-order valence-electron chi connectivity index (χ4n) is 2.09. The van der Waals surface area contributed by atoms with Crippen molar-refractivity contribution in [3.05, 3.63) is 21.4 Å². The van der Waals surface area contributed by atoms with Crippen molar-refractivity contribution in [1.82, 2.24) is 5.32 Å². The van der Waals surface area contributed by atoms with Gasteiger partial charge >= 0.3 is 0 Å². The van der Waals surface area contributed by atoms with E-state index < -0.39 is 0 Å². The van der Waals surface area contributed by atoms with Gasteiger partial charge in [0.25, 0.3) is 5.91 Å². The van der Waals surface area contributed by atoms with Crippen LogP contribution in [0.2, 0.25) is 0 Å². The molecule has 88 valence electrons. The Bertz CT molecular complexity index is 380. The Morgan fingerprint density at radius 2 is 2.25 bits per heavy atom. The number of carbonyl (C=O) groups is 1. The molecular weight excluding hydrogens is 220 g/mol. The number of nitrogens with one attached hydrogen (secondary N) is 1. The van der Waals surface area contributed by atoms with E-state index in [9.17, 15) is 4.79 Å². The van der Waals surface area contributed by atoms with Crippen LogP contribution >= 0.6 is 11.3 Å². The predicted octanol–water partition coefficient (Wildman–Crippen LogP) is 1.97. The number of aryl methyl sites for hydroxylation is 2. The fourth-order valence-corrected chi connectivity index (χ4v) is 3.03. The molecule has 4 heteroatoms. The number of rotatable bonds is 2. The Morgan fingerprint density at radius 1 is 1.50 bits per heavy atom. The van der Waals surface area contributed by atoms with Gasteiger partial charge in [0.1, 0.15) is 0 Å². The normalized spacial score (nSPS) is 24.7. The molecule has 2 rings (SSSR count). The first kappa shape index (κ1) is 11.6. The molecule has 1 aromatic heterocycles. The second kappa shape index (κ2) is 4.55. The SMILES string of the molecule is Cc1cc(C(=O)NC2CCCC2N)sc1C. The lowest BCUT2D eigenvalue weighted by Crippen LogP contribution is -2.43. The van der Waals surface area contributed by atoms with Crippen LogP contribution in [-0.4, -0.2) is 18.0 Å². The van der Waals surface area contributed by atoms with E-state index in [2.05, 4.69) is 5.32 Å². The second-order valence-electron chi connectivity index (χ2n) is 4.52. The summed E-state index contributed by atoms with van der Waals surface area (Å²) in [6, 6.07) is 2.25. The van der Waals surface area contributed by atoms with Crippen molar-refractivity contribution in [3.63, 3.8) is 0 Å². The van der Waals surface area contributed by atoms with Crippen LogP contribution in [-0.2, 0) is 0 Å². The van der Waals surface area contributed by atoms with E-state index in [1.54, 1.807) is 11.3 Å². The molecule has 1 amide bonds. The molecule has 1 heterocycles. The standard InChI is InChI=1S/C12H18N2OS/c1-7-6-11(16-8(7)2)12(15)14-10-5-3-4-9(10)13/h6,9-10H,3-5,13H2,1-2H3,(H,14,15). The zero-order valence-corrected chi connectivity index (χ0v) is 10.6. The monoisotopic (exact) mass is 238 g/mol. The third-order valence-electron chi connectivity index (χ3n) is 3.28. The van der Waals surface area contributed by atoms with Gasteiger partial charge in [-0.3, -0.25) is 4.79 Å². The predicted molar refractivity (Wildman–Crippen MR) is 66.9 cm³/mol. The van der Waals surface area contributed by atoms with E-state index in [1.165, 1.54) is 10.4 Å². The summed E-state index contributed by atoms with van der Waals surface area (Å²) in [5.74, 6) is 0.0311. The Kier molecular flexibility index (Phi) is 3.30. The van der Waals surface area contributed by atoms with Crippen LogP contribution < -0.4 is 11.1 Å². The summed E-state index contributed by atoms with van der Waals surface area (Å²) >= 11 is 1.55. The lowest BCUT2D eigenvalue weighted by Gasteiger charge is -2.16. The molecule has 0 spiro atoms. The average Bonchev–Trinajstić information content (AvgIpc) is 2.76. The first-order chi connectivity index (χ1) is 7.58. The molecule has 1 saturated carbocycles. The van der Waals surface area contributed by atoms with Gasteiger partial charge < -0.3 is 11.1 Å².